The van der Waals surface area contributed by atoms with Gasteiger partial charge in [0.1, 0.15) is 5.76 Å². The van der Waals surface area contributed by atoms with Crippen LogP contribution >= 0.6 is 7.37 Å². The summed E-state index contributed by atoms with van der Waals surface area (Å²) in [4.78, 5) is 30.7. The summed E-state index contributed by atoms with van der Waals surface area (Å²) in [5, 5.41) is 21.1. The van der Waals surface area contributed by atoms with E-state index in [2.05, 4.69) is 0 Å². The molecule has 1 aromatic rings. The van der Waals surface area contributed by atoms with Crippen molar-refractivity contribution in [1.82, 2.24) is 0 Å². The maximum atomic E-state index is 11.8. The molecule has 0 saturated carbocycles. The minimum atomic E-state index is -4.20. The molecule has 0 amide bonds. The first-order valence-electron chi connectivity index (χ1n) is 5.07. The van der Waals surface area contributed by atoms with Gasteiger partial charge in [0.25, 0.3) is 0 Å². The molecule has 1 N–H and O–H groups in total. The van der Waals surface area contributed by atoms with Crippen LogP contribution in [0.15, 0.2) is 22.8 Å². The van der Waals surface area contributed by atoms with Crippen molar-refractivity contribution in [1.29, 1.82) is 0 Å². The van der Waals surface area contributed by atoms with Gasteiger partial charge >= 0.3 is 0 Å². The van der Waals surface area contributed by atoms with Gasteiger partial charge < -0.3 is 29.1 Å². The summed E-state index contributed by atoms with van der Waals surface area (Å²) in [6.45, 7) is 0. The summed E-state index contributed by atoms with van der Waals surface area (Å²) in [5.74, 6) is -3.01. The highest BCUT2D eigenvalue weighted by atomic mass is 31.2. The van der Waals surface area contributed by atoms with Gasteiger partial charge in [-0.1, -0.05) is 0 Å². The smallest absolute Gasteiger partial charge is 0.209 e. The van der Waals surface area contributed by atoms with Crippen molar-refractivity contribution < 1.29 is 33.7 Å². The molecular weight excluding hydrogens is 263 g/mol. The molecule has 0 bridgehead atoms. The number of hydrogen-bond donors (Lipinski definition) is 1. The predicted molar refractivity (Wildman–Crippen MR) is 55.5 cm³/mol. The third-order valence-corrected chi connectivity index (χ3v) is 4.60. The molecule has 1 aromatic heterocycles. The first kappa shape index (κ1) is 14.5. The lowest BCUT2D eigenvalue weighted by molar-refractivity contribution is -0.307. The van der Waals surface area contributed by atoms with Gasteiger partial charge in [-0.15, -0.1) is 0 Å². The van der Waals surface area contributed by atoms with Gasteiger partial charge in [-0.3, -0.25) is 4.57 Å². The van der Waals surface area contributed by atoms with E-state index in [1.54, 1.807) is 0 Å². The molecule has 0 aliphatic carbocycles. The molecule has 7 nitrogen and oxygen atoms in total. The van der Waals surface area contributed by atoms with E-state index in [-0.39, 0.29) is 12.2 Å². The minimum absolute atomic E-state index is 0.215. The summed E-state index contributed by atoms with van der Waals surface area (Å²) in [7, 11) is -4.20. The highest BCUT2D eigenvalue weighted by Gasteiger charge is 2.32. The molecule has 1 unspecified atom stereocenters. The lowest BCUT2D eigenvalue weighted by atomic mass is 10.2. The molecule has 2 atom stereocenters. The molecule has 1 heterocycles. The average Bonchev–Trinajstić information content (AvgIpc) is 2.75. The normalized spacial score (nSPS) is 15.8. The minimum Gasteiger partial charge on any atom is -0.550 e. The Morgan fingerprint density at radius 1 is 1.44 bits per heavy atom. The van der Waals surface area contributed by atoms with Crippen LogP contribution < -0.4 is 10.2 Å². The molecular formula is C10H11O7P-2. The average molecular weight is 274 g/mol. The Bertz CT molecular complexity index is 465. The number of furan rings is 1. The summed E-state index contributed by atoms with van der Waals surface area (Å²) in [5.41, 5.74) is -1.69. The Balaban J connectivity index is 2.80. The second kappa shape index (κ2) is 5.84. The van der Waals surface area contributed by atoms with E-state index in [0.29, 0.717) is 0 Å². The first-order chi connectivity index (χ1) is 8.33. The second-order valence-corrected chi connectivity index (χ2v) is 6.30. The Hall–Kier alpha value is -1.59. The van der Waals surface area contributed by atoms with E-state index < -0.39 is 37.5 Å². The third kappa shape index (κ3) is 4.01. The Labute approximate surface area is 102 Å². The maximum Gasteiger partial charge on any atom is 0.209 e. The number of carbonyl (C=O) groups excluding carboxylic acids is 2. The van der Waals surface area contributed by atoms with E-state index in [0.717, 1.165) is 0 Å². The van der Waals surface area contributed by atoms with E-state index >= 15 is 0 Å². The van der Waals surface area contributed by atoms with Crippen LogP contribution in [-0.4, -0.2) is 28.7 Å². The molecule has 1 rings (SSSR count). The van der Waals surface area contributed by atoms with Crippen molar-refractivity contribution >= 4 is 19.3 Å². The highest BCUT2D eigenvalue weighted by molar-refractivity contribution is 7.59. The number of carboxylic acids is 2. The topological polar surface area (TPSA) is 131 Å². The van der Waals surface area contributed by atoms with Gasteiger partial charge in [0.2, 0.25) is 7.37 Å². The summed E-state index contributed by atoms with van der Waals surface area (Å²) in [6, 6.07) is 2.96. The van der Waals surface area contributed by atoms with Crippen molar-refractivity contribution in [2.75, 3.05) is 6.16 Å². The SMILES string of the molecule is O=C([O-])CCP(=O)(O)[C@@H](Cc1ccco1)C(=O)[O-]. The molecule has 0 aromatic carbocycles. The molecule has 0 saturated heterocycles. The van der Waals surface area contributed by atoms with Crippen LogP contribution in [0.1, 0.15) is 12.2 Å². The molecule has 0 radical (unpaired) electrons. The van der Waals surface area contributed by atoms with E-state index in [1.807, 2.05) is 0 Å². The van der Waals surface area contributed by atoms with E-state index in [4.69, 9.17) is 4.42 Å². The molecule has 8 heteroatoms. The Kier molecular flexibility index (Phi) is 4.69. The van der Waals surface area contributed by atoms with Crippen molar-refractivity contribution in [3.8, 4) is 0 Å². The van der Waals surface area contributed by atoms with Crippen LogP contribution in [0.3, 0.4) is 0 Å². The van der Waals surface area contributed by atoms with Crippen LogP contribution in [0.4, 0.5) is 0 Å². The zero-order chi connectivity index (χ0) is 13.8. The van der Waals surface area contributed by atoms with Gasteiger partial charge in [0, 0.05) is 18.6 Å². The van der Waals surface area contributed by atoms with Gasteiger partial charge in [-0.05, 0) is 18.6 Å². The van der Waals surface area contributed by atoms with E-state index in [9.17, 15) is 29.3 Å². The monoisotopic (exact) mass is 274 g/mol. The molecule has 0 aliphatic heterocycles. The Morgan fingerprint density at radius 2 is 2.11 bits per heavy atom. The summed E-state index contributed by atoms with van der Waals surface area (Å²) in [6.07, 6.45) is -0.383. The zero-order valence-electron chi connectivity index (χ0n) is 9.27. The van der Waals surface area contributed by atoms with Gasteiger partial charge in [0.15, 0.2) is 0 Å². The fourth-order valence-corrected chi connectivity index (χ4v) is 3.03. The molecule has 18 heavy (non-hydrogen) atoms. The summed E-state index contributed by atoms with van der Waals surface area (Å²) < 4.78 is 16.7. The van der Waals surface area contributed by atoms with Crippen LogP contribution in [0, 0.1) is 0 Å². The highest BCUT2D eigenvalue weighted by Crippen LogP contribution is 2.47. The lowest BCUT2D eigenvalue weighted by Crippen LogP contribution is -2.38. The maximum absolute atomic E-state index is 11.8. The third-order valence-electron chi connectivity index (χ3n) is 2.37. The van der Waals surface area contributed by atoms with Gasteiger partial charge in [-0.2, -0.15) is 0 Å². The number of carboxylic acid groups (broad SMARTS) is 2. The van der Waals surface area contributed by atoms with E-state index in [1.165, 1.54) is 18.4 Å². The Morgan fingerprint density at radius 3 is 2.56 bits per heavy atom. The molecule has 0 aliphatic rings. The number of aliphatic carboxylic acids is 2. The van der Waals surface area contributed by atoms with Crippen LogP contribution in [-0.2, 0) is 20.6 Å². The van der Waals surface area contributed by atoms with Crippen LogP contribution in [0.2, 0.25) is 0 Å². The first-order valence-corrected chi connectivity index (χ1v) is 6.99. The van der Waals surface area contributed by atoms with Crippen LogP contribution in [0.25, 0.3) is 0 Å². The second-order valence-electron chi connectivity index (χ2n) is 3.72. The van der Waals surface area contributed by atoms with Crippen molar-refractivity contribution in [3.63, 3.8) is 0 Å². The van der Waals surface area contributed by atoms with Crippen molar-refractivity contribution in [2.24, 2.45) is 0 Å². The molecule has 0 fully saturated rings. The zero-order valence-corrected chi connectivity index (χ0v) is 10.2. The van der Waals surface area contributed by atoms with Crippen molar-refractivity contribution in [3.05, 3.63) is 24.2 Å². The predicted octanol–water partition coefficient (Wildman–Crippen LogP) is -1.65. The molecule has 100 valence electrons. The standard InChI is InChI=1S/C10H13O7P/c11-9(12)3-5-18(15,16)8(10(13)14)6-7-2-1-4-17-7/h1-2,4,8H,3,5-6H2,(H,11,12)(H,13,14)(H,15,16)/p-2/t8-/m0/s1. The van der Waals surface area contributed by atoms with Crippen molar-refractivity contribution in [2.45, 2.75) is 18.5 Å². The van der Waals surface area contributed by atoms with Gasteiger partial charge in [-0.25, -0.2) is 0 Å². The summed E-state index contributed by atoms with van der Waals surface area (Å²) >= 11 is 0. The molecule has 0 spiro atoms. The lowest BCUT2D eigenvalue weighted by Gasteiger charge is -2.23. The largest absolute Gasteiger partial charge is 0.550 e. The fraction of sp³-hybridized carbons (Fsp3) is 0.400. The number of rotatable bonds is 7. The number of hydrogen-bond acceptors (Lipinski definition) is 6. The fourth-order valence-electron chi connectivity index (χ4n) is 1.42. The van der Waals surface area contributed by atoms with Gasteiger partial charge in [0.05, 0.1) is 17.9 Å². The quantitative estimate of drug-likeness (QED) is 0.589. The number of carbonyl (C=O) groups is 2. The van der Waals surface area contributed by atoms with Crippen LogP contribution in [0.5, 0.6) is 0 Å².